The maximum atomic E-state index is 13.0. The van der Waals surface area contributed by atoms with E-state index < -0.39 is 18.0 Å². The van der Waals surface area contributed by atoms with Crippen molar-refractivity contribution >= 4 is 23.4 Å². The Balaban J connectivity index is 2.21. The lowest BCUT2D eigenvalue weighted by Crippen LogP contribution is -2.14. The lowest BCUT2D eigenvalue weighted by atomic mass is 10.2. The zero-order chi connectivity index (χ0) is 17.0. The van der Waals surface area contributed by atoms with Gasteiger partial charge in [-0.05, 0) is 16.9 Å². The third-order valence-electron chi connectivity index (χ3n) is 3.15. The number of anilines is 1. The Morgan fingerprint density at radius 3 is 2.70 bits per heavy atom. The highest BCUT2D eigenvalue weighted by molar-refractivity contribution is 7.99. The predicted molar refractivity (Wildman–Crippen MR) is 89.0 cm³/mol. The van der Waals surface area contributed by atoms with Gasteiger partial charge < -0.3 is 5.32 Å². The number of para-hydroxylation sites is 1. The summed E-state index contributed by atoms with van der Waals surface area (Å²) in [5, 5.41) is 6.84. The van der Waals surface area contributed by atoms with Crippen LogP contribution in [-0.4, -0.2) is 20.9 Å². The van der Waals surface area contributed by atoms with Crippen LogP contribution in [0.25, 0.3) is 0 Å². The van der Waals surface area contributed by atoms with Crippen molar-refractivity contribution in [1.82, 2.24) is 9.78 Å². The van der Waals surface area contributed by atoms with Gasteiger partial charge in [-0.15, -0.1) is 0 Å². The Hall–Kier alpha value is -1.89. The molecule has 0 bridgehead atoms. The SMILES string of the molecule is CC(C)SCc1ccccc1NC(=O)c1cn(C)nc1C(F)F. The first kappa shape index (κ1) is 17.5. The molecule has 2 rings (SSSR count). The number of nitrogens with zero attached hydrogens (tertiary/aromatic N) is 2. The number of alkyl halides is 2. The smallest absolute Gasteiger partial charge is 0.282 e. The number of aryl methyl sites for hydroxylation is 1. The van der Waals surface area contributed by atoms with Gasteiger partial charge in [0.2, 0.25) is 0 Å². The predicted octanol–water partition coefficient (Wildman–Crippen LogP) is 4.25. The molecule has 4 nitrogen and oxygen atoms in total. The van der Waals surface area contributed by atoms with Gasteiger partial charge in [-0.1, -0.05) is 32.0 Å². The van der Waals surface area contributed by atoms with Gasteiger partial charge in [-0.3, -0.25) is 9.48 Å². The van der Waals surface area contributed by atoms with Crippen LogP contribution < -0.4 is 5.32 Å². The second-order valence-corrected chi connectivity index (χ2v) is 6.94. The van der Waals surface area contributed by atoms with Crippen LogP contribution in [0.2, 0.25) is 0 Å². The van der Waals surface area contributed by atoms with Crippen molar-refractivity contribution in [2.45, 2.75) is 31.3 Å². The molecule has 0 aliphatic carbocycles. The molecule has 0 saturated heterocycles. The van der Waals surface area contributed by atoms with Crippen LogP contribution in [-0.2, 0) is 12.8 Å². The molecule has 0 spiro atoms. The van der Waals surface area contributed by atoms with E-state index in [9.17, 15) is 13.6 Å². The first-order chi connectivity index (χ1) is 10.9. The van der Waals surface area contributed by atoms with Crippen molar-refractivity contribution in [1.29, 1.82) is 0 Å². The molecule has 0 saturated carbocycles. The van der Waals surface area contributed by atoms with Crippen molar-refractivity contribution in [3.8, 4) is 0 Å². The lowest BCUT2D eigenvalue weighted by molar-refractivity contribution is 0.101. The second kappa shape index (κ2) is 7.59. The summed E-state index contributed by atoms with van der Waals surface area (Å²) < 4.78 is 27.2. The summed E-state index contributed by atoms with van der Waals surface area (Å²) in [6, 6.07) is 7.38. The largest absolute Gasteiger partial charge is 0.322 e. The third kappa shape index (κ3) is 4.54. The Kier molecular flexibility index (Phi) is 5.76. The molecule has 7 heteroatoms. The molecule has 1 aromatic heterocycles. The summed E-state index contributed by atoms with van der Waals surface area (Å²) in [7, 11) is 1.51. The second-order valence-electron chi connectivity index (χ2n) is 5.37. The Morgan fingerprint density at radius 1 is 1.35 bits per heavy atom. The average molecular weight is 339 g/mol. The fraction of sp³-hybridized carbons (Fsp3) is 0.375. The molecular formula is C16H19F2N3OS. The lowest BCUT2D eigenvalue weighted by Gasteiger charge is -2.12. The normalized spacial score (nSPS) is 11.3. The van der Waals surface area contributed by atoms with E-state index in [2.05, 4.69) is 24.3 Å². The molecule has 0 fully saturated rings. The molecule has 1 amide bonds. The van der Waals surface area contributed by atoms with E-state index in [0.717, 1.165) is 11.3 Å². The molecule has 23 heavy (non-hydrogen) atoms. The van der Waals surface area contributed by atoms with Crippen LogP contribution in [0.3, 0.4) is 0 Å². The molecule has 2 aromatic rings. The molecule has 0 atom stereocenters. The van der Waals surface area contributed by atoms with Gasteiger partial charge in [-0.25, -0.2) is 8.78 Å². The van der Waals surface area contributed by atoms with Gasteiger partial charge >= 0.3 is 0 Å². The fourth-order valence-electron chi connectivity index (χ4n) is 2.06. The van der Waals surface area contributed by atoms with Crippen molar-refractivity contribution in [2.24, 2.45) is 7.05 Å². The summed E-state index contributed by atoms with van der Waals surface area (Å²) >= 11 is 1.75. The molecular weight excluding hydrogens is 320 g/mol. The van der Waals surface area contributed by atoms with Gasteiger partial charge in [0.15, 0.2) is 0 Å². The number of hydrogen-bond acceptors (Lipinski definition) is 3. The van der Waals surface area contributed by atoms with Gasteiger partial charge in [0.05, 0.1) is 5.56 Å². The molecule has 0 unspecified atom stereocenters. The minimum atomic E-state index is -2.79. The van der Waals surface area contributed by atoms with E-state index in [1.165, 1.54) is 17.9 Å². The number of carbonyl (C=O) groups is 1. The zero-order valence-corrected chi connectivity index (χ0v) is 14.0. The molecule has 1 aromatic carbocycles. The van der Waals surface area contributed by atoms with Crippen LogP contribution in [0.1, 0.15) is 41.9 Å². The number of amides is 1. The van der Waals surface area contributed by atoms with E-state index in [0.29, 0.717) is 10.9 Å². The van der Waals surface area contributed by atoms with Gasteiger partial charge in [0, 0.05) is 24.7 Å². The number of aromatic nitrogens is 2. The zero-order valence-electron chi connectivity index (χ0n) is 13.2. The van der Waals surface area contributed by atoms with Gasteiger partial charge in [0.25, 0.3) is 12.3 Å². The van der Waals surface area contributed by atoms with E-state index in [1.54, 1.807) is 23.9 Å². The fourth-order valence-corrected chi connectivity index (χ4v) is 2.82. The molecule has 124 valence electrons. The van der Waals surface area contributed by atoms with Crippen LogP contribution >= 0.6 is 11.8 Å². The number of halogens is 2. The van der Waals surface area contributed by atoms with Crippen LogP contribution in [0.4, 0.5) is 14.5 Å². The topological polar surface area (TPSA) is 46.9 Å². The summed E-state index contributed by atoms with van der Waals surface area (Å²) in [6.45, 7) is 4.19. The van der Waals surface area contributed by atoms with E-state index in [1.807, 2.05) is 12.1 Å². The Bertz CT molecular complexity index is 686. The highest BCUT2D eigenvalue weighted by atomic mass is 32.2. The molecule has 1 heterocycles. The third-order valence-corrected chi connectivity index (χ3v) is 4.29. The average Bonchev–Trinajstić information content (AvgIpc) is 2.88. The number of nitrogens with one attached hydrogen (secondary N) is 1. The van der Waals surface area contributed by atoms with Gasteiger partial charge in [-0.2, -0.15) is 16.9 Å². The number of rotatable bonds is 6. The summed E-state index contributed by atoms with van der Waals surface area (Å²) in [6.07, 6.45) is -1.48. The number of hydrogen-bond donors (Lipinski definition) is 1. The Labute approximate surface area is 138 Å². The van der Waals surface area contributed by atoms with Crippen molar-refractivity contribution in [2.75, 3.05) is 5.32 Å². The quantitative estimate of drug-likeness (QED) is 0.856. The highest BCUT2D eigenvalue weighted by Gasteiger charge is 2.23. The monoisotopic (exact) mass is 339 g/mol. The molecule has 0 aliphatic rings. The summed E-state index contributed by atoms with van der Waals surface area (Å²) in [4.78, 5) is 12.3. The summed E-state index contributed by atoms with van der Waals surface area (Å²) in [5.74, 6) is 0.165. The van der Waals surface area contributed by atoms with Crippen molar-refractivity contribution in [3.63, 3.8) is 0 Å². The van der Waals surface area contributed by atoms with Crippen molar-refractivity contribution < 1.29 is 13.6 Å². The number of carbonyl (C=O) groups excluding carboxylic acids is 1. The maximum Gasteiger partial charge on any atom is 0.282 e. The minimum Gasteiger partial charge on any atom is -0.322 e. The van der Waals surface area contributed by atoms with Crippen molar-refractivity contribution in [3.05, 3.63) is 47.3 Å². The summed E-state index contributed by atoms with van der Waals surface area (Å²) in [5.41, 5.74) is 0.990. The molecule has 1 N–H and O–H groups in total. The van der Waals surface area contributed by atoms with E-state index in [4.69, 9.17) is 0 Å². The number of thioether (sulfide) groups is 1. The van der Waals surface area contributed by atoms with Gasteiger partial charge in [0.1, 0.15) is 5.69 Å². The minimum absolute atomic E-state index is 0.103. The molecule has 0 aliphatic heterocycles. The standard InChI is InChI=1S/C16H19F2N3OS/c1-10(2)23-9-11-6-4-5-7-13(11)19-16(22)12-8-21(3)20-14(12)15(17)18/h4-8,10,15H,9H2,1-3H3,(H,19,22). The van der Waals surface area contributed by atoms with Crippen LogP contribution in [0.15, 0.2) is 30.5 Å². The maximum absolute atomic E-state index is 13.0. The van der Waals surface area contributed by atoms with E-state index >= 15 is 0 Å². The highest BCUT2D eigenvalue weighted by Crippen LogP contribution is 2.26. The van der Waals surface area contributed by atoms with Crippen LogP contribution in [0, 0.1) is 0 Å². The first-order valence-corrected chi connectivity index (χ1v) is 8.26. The number of benzene rings is 1. The molecule has 0 radical (unpaired) electrons. The van der Waals surface area contributed by atoms with E-state index in [-0.39, 0.29) is 5.56 Å². The first-order valence-electron chi connectivity index (χ1n) is 7.21. The van der Waals surface area contributed by atoms with Crippen LogP contribution in [0.5, 0.6) is 0 Å². The Morgan fingerprint density at radius 2 is 2.04 bits per heavy atom.